The Balaban J connectivity index is 1.45. The zero-order chi connectivity index (χ0) is 19.4. The molecule has 0 radical (unpaired) electrons. The Hall–Kier alpha value is -2.16. The highest BCUT2D eigenvalue weighted by Gasteiger charge is 2.55. The lowest BCUT2D eigenvalue weighted by molar-refractivity contribution is -0.151. The lowest BCUT2D eigenvalue weighted by Gasteiger charge is -2.36. The second kappa shape index (κ2) is 8.24. The van der Waals surface area contributed by atoms with E-state index in [1.165, 1.54) is 0 Å². The van der Waals surface area contributed by atoms with Crippen LogP contribution < -0.4 is 10.6 Å². The molecule has 3 atom stereocenters. The zero-order valence-corrected chi connectivity index (χ0v) is 15.6. The van der Waals surface area contributed by atoms with Crippen molar-refractivity contribution in [2.24, 2.45) is 5.92 Å². The smallest absolute Gasteiger partial charge is 0.326 e. The lowest BCUT2D eigenvalue weighted by atomic mass is 9.73. The van der Waals surface area contributed by atoms with Crippen molar-refractivity contribution in [1.29, 1.82) is 0 Å². The van der Waals surface area contributed by atoms with Gasteiger partial charge in [-0.2, -0.15) is 0 Å². The van der Waals surface area contributed by atoms with Gasteiger partial charge in [0.1, 0.15) is 12.1 Å². The van der Waals surface area contributed by atoms with Crippen LogP contribution in [0.2, 0.25) is 0 Å². The van der Waals surface area contributed by atoms with Crippen LogP contribution >= 0.6 is 0 Å². The fraction of sp³-hybridized carbons (Fsp3) is 0.778. The largest absolute Gasteiger partial charge is 0.454 e. The fourth-order valence-corrected chi connectivity index (χ4v) is 4.04. The van der Waals surface area contributed by atoms with Crippen molar-refractivity contribution in [3.05, 3.63) is 0 Å². The van der Waals surface area contributed by atoms with Gasteiger partial charge in [-0.05, 0) is 31.6 Å². The van der Waals surface area contributed by atoms with E-state index in [-0.39, 0.29) is 17.9 Å². The molecule has 3 fully saturated rings. The number of ether oxygens (including phenoxy) is 2. The molecule has 2 heterocycles. The number of urea groups is 1. The summed E-state index contributed by atoms with van der Waals surface area (Å²) in [7, 11) is 0. The minimum atomic E-state index is -0.908. The van der Waals surface area contributed by atoms with Crippen molar-refractivity contribution in [3.8, 4) is 0 Å². The highest BCUT2D eigenvalue weighted by atomic mass is 16.5. The lowest BCUT2D eigenvalue weighted by Crippen LogP contribution is -2.54. The summed E-state index contributed by atoms with van der Waals surface area (Å²) < 4.78 is 10.3. The first kappa shape index (κ1) is 19.6. The predicted octanol–water partition coefficient (Wildman–Crippen LogP) is 0.326. The van der Waals surface area contributed by atoms with Gasteiger partial charge in [0.25, 0.3) is 11.8 Å². The van der Waals surface area contributed by atoms with Crippen LogP contribution in [0.15, 0.2) is 0 Å². The highest BCUT2D eigenvalue weighted by Crippen LogP contribution is 2.38. The van der Waals surface area contributed by atoms with Crippen LogP contribution in [0.25, 0.3) is 0 Å². The Morgan fingerprint density at radius 1 is 1.30 bits per heavy atom. The van der Waals surface area contributed by atoms with Gasteiger partial charge in [0.2, 0.25) is 0 Å². The first-order chi connectivity index (χ1) is 12.9. The van der Waals surface area contributed by atoms with Crippen LogP contribution in [-0.4, -0.2) is 66.7 Å². The van der Waals surface area contributed by atoms with Gasteiger partial charge in [-0.1, -0.05) is 19.8 Å². The molecule has 9 heteroatoms. The summed E-state index contributed by atoms with van der Waals surface area (Å²) in [5.74, 6) is -1.58. The van der Waals surface area contributed by atoms with Crippen molar-refractivity contribution >= 4 is 23.8 Å². The number of hydrogen-bond donors (Lipinski definition) is 2. The van der Waals surface area contributed by atoms with Gasteiger partial charge in [-0.15, -0.1) is 0 Å². The van der Waals surface area contributed by atoms with Crippen LogP contribution in [-0.2, 0) is 23.9 Å². The fourth-order valence-electron chi connectivity index (χ4n) is 4.04. The molecule has 150 valence electrons. The molecule has 2 saturated heterocycles. The van der Waals surface area contributed by atoms with Crippen LogP contribution in [0.1, 0.15) is 45.4 Å². The molecule has 3 aliphatic rings. The average molecular weight is 381 g/mol. The Labute approximate surface area is 158 Å². The van der Waals surface area contributed by atoms with Gasteiger partial charge in [0.15, 0.2) is 6.61 Å². The third kappa shape index (κ3) is 4.23. The van der Waals surface area contributed by atoms with Gasteiger partial charge in [-0.25, -0.2) is 4.79 Å². The standard InChI is InChI=1S/C18H27N3O6/c1-12-5-2-3-7-18(12)16(24)21(17(25)20-18)10-15(23)27-11-14(22)19-9-13-6-4-8-26-13/h12-13H,2-11H2,1H3,(H,19,22)(H,20,25)/t12-,13+,18+/m1/s1. The second-order valence-electron chi connectivity index (χ2n) is 7.54. The molecule has 0 aromatic rings. The van der Waals surface area contributed by atoms with E-state index in [2.05, 4.69) is 10.6 Å². The van der Waals surface area contributed by atoms with Gasteiger partial charge in [0.05, 0.1) is 6.10 Å². The molecule has 2 aliphatic heterocycles. The maximum absolute atomic E-state index is 12.8. The first-order valence-corrected chi connectivity index (χ1v) is 9.60. The molecule has 0 bridgehead atoms. The zero-order valence-electron chi connectivity index (χ0n) is 15.6. The number of nitrogens with one attached hydrogen (secondary N) is 2. The topological polar surface area (TPSA) is 114 Å². The van der Waals surface area contributed by atoms with E-state index in [1.54, 1.807) is 0 Å². The molecule has 3 rings (SSSR count). The molecule has 4 amide bonds. The number of imide groups is 1. The van der Waals surface area contributed by atoms with E-state index in [0.29, 0.717) is 19.6 Å². The first-order valence-electron chi connectivity index (χ1n) is 9.60. The third-order valence-corrected chi connectivity index (χ3v) is 5.70. The molecule has 2 N–H and O–H groups in total. The average Bonchev–Trinajstić information content (AvgIpc) is 3.24. The number of esters is 1. The van der Waals surface area contributed by atoms with Gasteiger partial charge >= 0.3 is 12.0 Å². The minimum absolute atomic E-state index is 0.00393. The Morgan fingerprint density at radius 3 is 2.81 bits per heavy atom. The third-order valence-electron chi connectivity index (χ3n) is 5.70. The molecule has 0 aromatic carbocycles. The SMILES string of the molecule is C[C@@H]1CCCC[C@]12NC(=O)N(CC(=O)OCC(=O)NC[C@@H]1CCCO1)C2=O. The molecule has 9 nitrogen and oxygen atoms in total. The molecule has 1 spiro atoms. The molecular weight excluding hydrogens is 354 g/mol. The molecule has 1 saturated carbocycles. The van der Waals surface area contributed by atoms with Crippen molar-refractivity contribution in [2.45, 2.75) is 57.1 Å². The maximum Gasteiger partial charge on any atom is 0.326 e. The van der Waals surface area contributed by atoms with Crippen LogP contribution in [0.4, 0.5) is 4.79 Å². The number of carbonyl (C=O) groups excluding carboxylic acids is 4. The van der Waals surface area contributed by atoms with Crippen molar-refractivity contribution in [2.75, 3.05) is 26.3 Å². The number of nitrogens with zero attached hydrogens (tertiary/aromatic N) is 1. The second-order valence-corrected chi connectivity index (χ2v) is 7.54. The van der Waals surface area contributed by atoms with Crippen molar-refractivity contribution in [1.82, 2.24) is 15.5 Å². The number of hydrogen-bond acceptors (Lipinski definition) is 6. The van der Waals surface area contributed by atoms with E-state index in [0.717, 1.165) is 37.0 Å². The van der Waals surface area contributed by atoms with E-state index in [1.807, 2.05) is 6.92 Å². The molecule has 1 aliphatic carbocycles. The van der Waals surface area contributed by atoms with E-state index in [4.69, 9.17) is 9.47 Å². The van der Waals surface area contributed by atoms with Crippen LogP contribution in [0.5, 0.6) is 0 Å². The van der Waals surface area contributed by atoms with E-state index >= 15 is 0 Å². The van der Waals surface area contributed by atoms with Crippen LogP contribution in [0.3, 0.4) is 0 Å². The summed E-state index contributed by atoms with van der Waals surface area (Å²) in [6, 6.07) is -0.575. The van der Waals surface area contributed by atoms with E-state index < -0.39 is 36.6 Å². The van der Waals surface area contributed by atoms with Crippen molar-refractivity contribution in [3.63, 3.8) is 0 Å². The monoisotopic (exact) mass is 381 g/mol. The molecular formula is C18H27N3O6. The normalized spacial score (nSPS) is 30.5. The number of rotatable bonds is 6. The van der Waals surface area contributed by atoms with Crippen LogP contribution in [0, 0.1) is 5.92 Å². The number of carbonyl (C=O) groups is 4. The molecule has 0 aromatic heterocycles. The van der Waals surface area contributed by atoms with E-state index in [9.17, 15) is 19.2 Å². The number of amides is 4. The van der Waals surface area contributed by atoms with Gasteiger partial charge < -0.3 is 20.1 Å². The molecule has 27 heavy (non-hydrogen) atoms. The van der Waals surface area contributed by atoms with Gasteiger partial charge in [0, 0.05) is 13.2 Å². The summed E-state index contributed by atoms with van der Waals surface area (Å²) in [5, 5.41) is 5.42. The van der Waals surface area contributed by atoms with Gasteiger partial charge in [-0.3, -0.25) is 19.3 Å². The van der Waals surface area contributed by atoms with Crippen molar-refractivity contribution < 1.29 is 28.7 Å². The minimum Gasteiger partial charge on any atom is -0.454 e. The summed E-state index contributed by atoms with van der Waals surface area (Å²) in [5.41, 5.74) is -0.908. The summed E-state index contributed by atoms with van der Waals surface area (Å²) in [6.45, 7) is 2.08. The Bertz CT molecular complexity index is 618. The predicted molar refractivity (Wildman–Crippen MR) is 93.6 cm³/mol. The Kier molecular flexibility index (Phi) is 5.98. The molecule has 0 unspecified atom stereocenters. The quantitative estimate of drug-likeness (QED) is 0.506. The highest BCUT2D eigenvalue weighted by molar-refractivity contribution is 6.09. The Morgan fingerprint density at radius 2 is 2.11 bits per heavy atom. The summed E-state index contributed by atoms with van der Waals surface area (Å²) in [4.78, 5) is 49.6. The summed E-state index contributed by atoms with van der Waals surface area (Å²) >= 11 is 0. The maximum atomic E-state index is 12.8. The summed E-state index contributed by atoms with van der Waals surface area (Å²) in [6.07, 6.45) is 5.19.